The molecule has 0 saturated heterocycles. The minimum Gasteiger partial charge on any atom is -0.497 e. The number of benzene rings is 1. The largest absolute Gasteiger partial charge is 0.497 e. The molecule has 1 rings (SSSR count). The van der Waals surface area contributed by atoms with Gasteiger partial charge in [-0.2, -0.15) is 5.26 Å². The van der Waals surface area contributed by atoms with Crippen molar-refractivity contribution in [2.24, 2.45) is 5.92 Å². The van der Waals surface area contributed by atoms with Crippen LogP contribution in [0.15, 0.2) is 24.3 Å². The number of hydrogen-bond donors (Lipinski definition) is 1. The number of nitriles is 1. The van der Waals surface area contributed by atoms with Crippen molar-refractivity contribution in [3.63, 3.8) is 0 Å². The zero-order chi connectivity index (χ0) is 13.8. The van der Waals surface area contributed by atoms with Gasteiger partial charge in [0.2, 0.25) is 0 Å². The van der Waals surface area contributed by atoms with Gasteiger partial charge in [-0.15, -0.1) is 0 Å². The summed E-state index contributed by atoms with van der Waals surface area (Å²) in [6.45, 7) is 5.51. The molecule has 1 atom stereocenters. The van der Waals surface area contributed by atoms with Crippen LogP contribution >= 0.6 is 0 Å². The summed E-state index contributed by atoms with van der Waals surface area (Å²) in [6.07, 6.45) is 0. The minimum absolute atomic E-state index is 0.0251. The second-order valence-electron chi connectivity index (χ2n) is 4.65. The number of nitrogens with zero attached hydrogens (tertiary/aromatic N) is 1. The highest BCUT2D eigenvalue weighted by atomic mass is 16.5. The summed E-state index contributed by atoms with van der Waals surface area (Å²) in [7, 11) is 1.55. The third kappa shape index (κ3) is 3.01. The summed E-state index contributed by atoms with van der Waals surface area (Å²) < 4.78 is 5.06. The molecule has 1 N–H and O–H groups in total. The number of rotatable bonds is 4. The van der Waals surface area contributed by atoms with Crippen LogP contribution in [0.2, 0.25) is 0 Å². The second kappa shape index (κ2) is 5.54. The minimum atomic E-state index is -0.875. The van der Waals surface area contributed by atoms with Crippen LogP contribution < -0.4 is 10.1 Å². The fourth-order valence-electron chi connectivity index (χ4n) is 1.37. The first-order valence-electron chi connectivity index (χ1n) is 5.80. The van der Waals surface area contributed by atoms with Gasteiger partial charge in [-0.1, -0.05) is 19.9 Å². The molecule has 18 heavy (non-hydrogen) atoms. The van der Waals surface area contributed by atoms with Crippen molar-refractivity contribution < 1.29 is 9.53 Å². The van der Waals surface area contributed by atoms with E-state index in [9.17, 15) is 4.79 Å². The van der Waals surface area contributed by atoms with Crippen molar-refractivity contribution in [1.82, 2.24) is 5.32 Å². The van der Waals surface area contributed by atoms with Gasteiger partial charge in [-0.25, -0.2) is 0 Å². The summed E-state index contributed by atoms with van der Waals surface area (Å²) in [6, 6.07) is 8.99. The third-order valence-corrected chi connectivity index (χ3v) is 3.09. The Labute approximate surface area is 108 Å². The topological polar surface area (TPSA) is 62.1 Å². The van der Waals surface area contributed by atoms with Gasteiger partial charge >= 0.3 is 0 Å². The summed E-state index contributed by atoms with van der Waals surface area (Å²) in [5.74, 6) is 0.370. The number of ether oxygens (including phenoxy) is 1. The van der Waals surface area contributed by atoms with Crippen LogP contribution in [0.4, 0.5) is 0 Å². The maximum atomic E-state index is 12.1. The summed E-state index contributed by atoms with van der Waals surface area (Å²) in [5, 5.41) is 11.9. The second-order valence-corrected chi connectivity index (χ2v) is 4.65. The Hall–Kier alpha value is -2.02. The number of carbonyl (C=O) groups is 1. The van der Waals surface area contributed by atoms with E-state index >= 15 is 0 Å². The average Bonchev–Trinajstić information content (AvgIpc) is 2.38. The van der Waals surface area contributed by atoms with Gasteiger partial charge in [0.15, 0.2) is 0 Å². The van der Waals surface area contributed by atoms with Crippen LogP contribution in [0, 0.1) is 17.2 Å². The maximum absolute atomic E-state index is 12.1. The van der Waals surface area contributed by atoms with Crippen LogP contribution in [0.25, 0.3) is 0 Å². The molecule has 1 aromatic carbocycles. The third-order valence-electron chi connectivity index (χ3n) is 3.09. The van der Waals surface area contributed by atoms with Gasteiger partial charge in [-0.3, -0.25) is 4.79 Å². The van der Waals surface area contributed by atoms with Crippen molar-refractivity contribution in [1.29, 1.82) is 5.26 Å². The normalized spacial score (nSPS) is 13.6. The Balaban J connectivity index is 2.92. The lowest BCUT2D eigenvalue weighted by atomic mass is 9.90. The van der Waals surface area contributed by atoms with Gasteiger partial charge in [-0.05, 0) is 31.0 Å². The average molecular weight is 246 g/mol. The number of nitrogens with one attached hydrogen (secondary N) is 1. The van der Waals surface area contributed by atoms with Crippen molar-refractivity contribution in [2.75, 3.05) is 7.11 Å². The van der Waals surface area contributed by atoms with Gasteiger partial charge < -0.3 is 10.1 Å². The summed E-state index contributed by atoms with van der Waals surface area (Å²) in [5.41, 5.74) is -0.392. The molecule has 96 valence electrons. The predicted octanol–water partition coefficient (Wildman–Crippen LogP) is 2.36. The van der Waals surface area contributed by atoms with Crippen LogP contribution in [-0.2, 0) is 0 Å². The number of carbonyl (C=O) groups excluding carboxylic acids is 1. The van der Waals surface area contributed by atoms with Gasteiger partial charge in [0, 0.05) is 5.56 Å². The van der Waals surface area contributed by atoms with Crippen LogP contribution in [0.5, 0.6) is 5.75 Å². The highest BCUT2D eigenvalue weighted by molar-refractivity contribution is 5.95. The summed E-state index contributed by atoms with van der Waals surface area (Å²) >= 11 is 0. The molecule has 0 heterocycles. The Kier molecular flexibility index (Phi) is 4.33. The Morgan fingerprint density at radius 3 is 2.67 bits per heavy atom. The number of methoxy groups -OCH3 is 1. The lowest BCUT2D eigenvalue weighted by molar-refractivity contribution is 0.0907. The van der Waals surface area contributed by atoms with Crippen molar-refractivity contribution in [2.45, 2.75) is 26.3 Å². The smallest absolute Gasteiger partial charge is 0.252 e. The molecular formula is C14H18N2O2. The fourth-order valence-corrected chi connectivity index (χ4v) is 1.37. The van der Waals surface area contributed by atoms with Gasteiger partial charge in [0.1, 0.15) is 11.3 Å². The molecule has 0 aliphatic heterocycles. The molecule has 0 saturated carbocycles. The lowest BCUT2D eigenvalue weighted by Gasteiger charge is -2.27. The molecule has 0 spiro atoms. The van der Waals surface area contributed by atoms with Crippen molar-refractivity contribution in [3.05, 3.63) is 29.8 Å². The first kappa shape index (κ1) is 14.0. The van der Waals surface area contributed by atoms with Crippen LogP contribution in [0.1, 0.15) is 31.1 Å². The first-order valence-corrected chi connectivity index (χ1v) is 5.80. The molecule has 0 radical (unpaired) electrons. The van der Waals surface area contributed by atoms with Gasteiger partial charge in [0.25, 0.3) is 5.91 Å². The molecule has 0 bridgehead atoms. The van der Waals surface area contributed by atoms with Crippen molar-refractivity contribution in [3.8, 4) is 11.8 Å². The molecule has 0 aliphatic carbocycles. The monoisotopic (exact) mass is 246 g/mol. The zero-order valence-electron chi connectivity index (χ0n) is 11.2. The van der Waals surface area contributed by atoms with E-state index in [1.54, 1.807) is 38.3 Å². The fraction of sp³-hybridized carbons (Fsp3) is 0.429. The van der Waals surface area contributed by atoms with Crippen LogP contribution in [0.3, 0.4) is 0 Å². The van der Waals surface area contributed by atoms with E-state index in [-0.39, 0.29) is 11.8 Å². The molecule has 0 fully saturated rings. The van der Waals surface area contributed by atoms with E-state index < -0.39 is 5.54 Å². The Morgan fingerprint density at radius 2 is 2.17 bits per heavy atom. The van der Waals surface area contributed by atoms with Crippen molar-refractivity contribution >= 4 is 5.91 Å². The molecular weight excluding hydrogens is 228 g/mol. The number of hydrogen-bond acceptors (Lipinski definition) is 3. The zero-order valence-corrected chi connectivity index (χ0v) is 11.2. The molecule has 1 aromatic rings. The van der Waals surface area contributed by atoms with E-state index in [0.717, 1.165) is 0 Å². The maximum Gasteiger partial charge on any atom is 0.252 e. The predicted molar refractivity (Wildman–Crippen MR) is 69.3 cm³/mol. The Morgan fingerprint density at radius 1 is 1.50 bits per heavy atom. The molecule has 0 aliphatic rings. The van der Waals surface area contributed by atoms with Gasteiger partial charge in [0.05, 0.1) is 13.2 Å². The van der Waals surface area contributed by atoms with E-state index in [4.69, 9.17) is 10.00 Å². The lowest BCUT2D eigenvalue weighted by Crippen LogP contribution is -2.48. The Bertz CT molecular complexity index is 477. The molecule has 1 amide bonds. The number of amides is 1. The quantitative estimate of drug-likeness (QED) is 0.887. The van der Waals surface area contributed by atoms with Crippen LogP contribution in [-0.4, -0.2) is 18.6 Å². The van der Waals surface area contributed by atoms with E-state index in [0.29, 0.717) is 11.3 Å². The van der Waals surface area contributed by atoms with E-state index in [2.05, 4.69) is 11.4 Å². The molecule has 0 aromatic heterocycles. The highest BCUT2D eigenvalue weighted by Crippen LogP contribution is 2.18. The standard InChI is InChI=1S/C14H18N2O2/c1-10(2)14(3,9-15)16-13(17)11-6-5-7-12(8-11)18-4/h5-8,10H,1-4H3,(H,16,17)/t14-/m0/s1. The SMILES string of the molecule is COc1cccc(C(=O)N[C@@](C)(C#N)C(C)C)c1. The molecule has 4 heteroatoms. The van der Waals surface area contributed by atoms with E-state index in [1.807, 2.05) is 13.8 Å². The molecule has 4 nitrogen and oxygen atoms in total. The first-order chi connectivity index (χ1) is 8.42. The highest BCUT2D eigenvalue weighted by Gasteiger charge is 2.30. The molecule has 0 unspecified atom stereocenters. The summed E-state index contributed by atoms with van der Waals surface area (Å²) in [4.78, 5) is 12.1. The van der Waals surface area contributed by atoms with E-state index in [1.165, 1.54) is 0 Å².